The van der Waals surface area contributed by atoms with Crippen LogP contribution >= 0.6 is 11.3 Å². The summed E-state index contributed by atoms with van der Waals surface area (Å²) in [4.78, 5) is 21.6. The third-order valence-electron chi connectivity index (χ3n) is 1.29. The van der Waals surface area contributed by atoms with Gasteiger partial charge in [-0.1, -0.05) is 0 Å². The normalized spacial score (nSPS) is 9.55. The Morgan fingerprint density at radius 2 is 2.36 bits per heavy atom. The third-order valence-corrected chi connectivity index (χ3v) is 2.35. The SMILES string of the molecule is Cc1sc(C(=O)O)cc1C=O. The van der Waals surface area contributed by atoms with E-state index in [0.717, 1.165) is 16.2 Å². The van der Waals surface area contributed by atoms with Crippen LogP contribution in [0.5, 0.6) is 0 Å². The van der Waals surface area contributed by atoms with Gasteiger partial charge in [-0.15, -0.1) is 11.3 Å². The number of aldehydes is 1. The van der Waals surface area contributed by atoms with Crippen LogP contribution in [0, 0.1) is 6.92 Å². The molecule has 1 heterocycles. The summed E-state index contributed by atoms with van der Waals surface area (Å²) >= 11 is 1.12. The van der Waals surface area contributed by atoms with Gasteiger partial charge in [0.05, 0.1) is 0 Å². The molecule has 0 aromatic carbocycles. The van der Waals surface area contributed by atoms with Gasteiger partial charge >= 0.3 is 5.97 Å². The van der Waals surface area contributed by atoms with Crippen molar-refractivity contribution in [3.05, 3.63) is 21.4 Å². The highest BCUT2D eigenvalue weighted by atomic mass is 32.1. The van der Waals surface area contributed by atoms with Crippen molar-refractivity contribution in [2.45, 2.75) is 6.92 Å². The molecule has 3 nitrogen and oxygen atoms in total. The van der Waals surface area contributed by atoms with Crippen LogP contribution in [0.4, 0.5) is 0 Å². The summed E-state index contributed by atoms with van der Waals surface area (Å²) in [7, 11) is 0. The maximum atomic E-state index is 10.4. The summed E-state index contributed by atoms with van der Waals surface area (Å²) in [6.07, 6.45) is 0.665. The molecule has 1 aromatic heterocycles. The van der Waals surface area contributed by atoms with Gasteiger partial charge in [-0.2, -0.15) is 0 Å². The highest BCUT2D eigenvalue weighted by molar-refractivity contribution is 7.14. The summed E-state index contributed by atoms with van der Waals surface area (Å²) in [6, 6.07) is 1.38. The third kappa shape index (κ3) is 1.46. The number of hydrogen-bond acceptors (Lipinski definition) is 3. The zero-order chi connectivity index (χ0) is 8.43. The zero-order valence-corrected chi connectivity index (χ0v) is 6.64. The summed E-state index contributed by atoms with van der Waals surface area (Å²) in [5.74, 6) is -0.980. The number of carboxylic acid groups (broad SMARTS) is 1. The van der Waals surface area contributed by atoms with Gasteiger partial charge in [-0.25, -0.2) is 4.79 Å². The van der Waals surface area contributed by atoms with Crippen molar-refractivity contribution in [3.8, 4) is 0 Å². The molecule has 1 rings (SSSR count). The highest BCUT2D eigenvalue weighted by Crippen LogP contribution is 2.19. The van der Waals surface area contributed by atoms with Gasteiger partial charge in [0.2, 0.25) is 0 Å². The second-order valence-electron chi connectivity index (χ2n) is 2.05. The zero-order valence-electron chi connectivity index (χ0n) is 5.83. The Morgan fingerprint density at radius 1 is 1.73 bits per heavy atom. The monoisotopic (exact) mass is 170 g/mol. The molecule has 0 atom stereocenters. The Balaban J connectivity index is 3.14. The molecule has 1 N–H and O–H groups in total. The minimum Gasteiger partial charge on any atom is -0.477 e. The molecule has 0 saturated carbocycles. The quantitative estimate of drug-likeness (QED) is 0.685. The average Bonchev–Trinajstić information content (AvgIpc) is 2.31. The molecule has 0 radical (unpaired) electrons. The molecule has 1 aromatic rings. The smallest absolute Gasteiger partial charge is 0.345 e. The Labute approximate surface area is 67.3 Å². The van der Waals surface area contributed by atoms with E-state index in [4.69, 9.17) is 5.11 Å². The first-order valence-electron chi connectivity index (χ1n) is 2.94. The van der Waals surface area contributed by atoms with E-state index >= 15 is 0 Å². The maximum absolute atomic E-state index is 10.4. The first kappa shape index (κ1) is 7.94. The lowest BCUT2D eigenvalue weighted by Crippen LogP contribution is -1.90. The number of aromatic carboxylic acids is 1. The van der Waals surface area contributed by atoms with Crippen LogP contribution in [0.25, 0.3) is 0 Å². The molecule has 0 fully saturated rings. The largest absolute Gasteiger partial charge is 0.477 e. The Hall–Kier alpha value is -1.16. The lowest BCUT2D eigenvalue weighted by atomic mass is 10.3. The fraction of sp³-hybridized carbons (Fsp3) is 0.143. The van der Waals surface area contributed by atoms with E-state index in [1.807, 2.05) is 0 Å². The first-order chi connectivity index (χ1) is 5.15. The van der Waals surface area contributed by atoms with Crippen molar-refractivity contribution in [1.29, 1.82) is 0 Å². The van der Waals surface area contributed by atoms with E-state index in [-0.39, 0.29) is 4.88 Å². The number of hydrogen-bond donors (Lipinski definition) is 1. The van der Waals surface area contributed by atoms with Crippen LogP contribution in [-0.4, -0.2) is 17.4 Å². The first-order valence-corrected chi connectivity index (χ1v) is 3.75. The van der Waals surface area contributed by atoms with Gasteiger partial charge in [-0.05, 0) is 13.0 Å². The molecule has 0 aliphatic heterocycles. The molecule has 0 spiro atoms. The minimum absolute atomic E-state index is 0.213. The molecular formula is C7H6O3S. The van der Waals surface area contributed by atoms with Crippen molar-refractivity contribution in [2.75, 3.05) is 0 Å². The van der Waals surface area contributed by atoms with Crippen molar-refractivity contribution in [2.24, 2.45) is 0 Å². The predicted octanol–water partition coefficient (Wildman–Crippen LogP) is 1.57. The molecule has 0 aliphatic carbocycles. The maximum Gasteiger partial charge on any atom is 0.345 e. The lowest BCUT2D eigenvalue weighted by molar-refractivity contribution is 0.0702. The molecule has 11 heavy (non-hydrogen) atoms. The second kappa shape index (κ2) is 2.84. The van der Waals surface area contributed by atoms with Crippen molar-refractivity contribution in [1.82, 2.24) is 0 Å². The van der Waals surface area contributed by atoms with Crippen molar-refractivity contribution >= 4 is 23.6 Å². The van der Waals surface area contributed by atoms with Crippen LogP contribution < -0.4 is 0 Å². The molecule has 0 unspecified atom stereocenters. The number of aryl methyl sites for hydroxylation is 1. The summed E-state index contributed by atoms with van der Waals surface area (Å²) < 4.78 is 0. The predicted molar refractivity (Wildman–Crippen MR) is 41.4 cm³/mol. The molecule has 0 amide bonds. The van der Waals surface area contributed by atoms with Gasteiger partial charge < -0.3 is 5.11 Å². The van der Waals surface area contributed by atoms with Gasteiger partial charge in [0.15, 0.2) is 6.29 Å². The van der Waals surface area contributed by atoms with E-state index in [1.54, 1.807) is 6.92 Å². The van der Waals surface area contributed by atoms with Crippen molar-refractivity contribution < 1.29 is 14.7 Å². The van der Waals surface area contributed by atoms with Crippen molar-refractivity contribution in [3.63, 3.8) is 0 Å². The van der Waals surface area contributed by atoms with Crippen LogP contribution in [-0.2, 0) is 0 Å². The molecule has 0 aliphatic rings. The van der Waals surface area contributed by atoms with E-state index in [0.29, 0.717) is 11.8 Å². The number of carbonyl (C=O) groups excluding carboxylic acids is 1. The van der Waals surface area contributed by atoms with Crippen LogP contribution in [0.3, 0.4) is 0 Å². The average molecular weight is 170 g/mol. The van der Waals surface area contributed by atoms with E-state index in [9.17, 15) is 9.59 Å². The van der Waals surface area contributed by atoms with Crippen LogP contribution in [0.15, 0.2) is 6.07 Å². The number of carboxylic acids is 1. The van der Waals surface area contributed by atoms with Crippen LogP contribution in [0.1, 0.15) is 24.9 Å². The highest BCUT2D eigenvalue weighted by Gasteiger charge is 2.09. The van der Waals surface area contributed by atoms with Gasteiger partial charge in [0.25, 0.3) is 0 Å². The molecule has 58 valence electrons. The topological polar surface area (TPSA) is 54.4 Å². The molecule has 4 heteroatoms. The van der Waals surface area contributed by atoms with Gasteiger partial charge in [0.1, 0.15) is 4.88 Å². The molecule has 0 saturated heterocycles. The summed E-state index contributed by atoms with van der Waals surface area (Å²) in [5.41, 5.74) is 0.465. The standard InChI is InChI=1S/C7H6O3S/c1-4-5(3-8)2-6(11-4)7(9)10/h2-3H,1H3,(H,9,10). The van der Waals surface area contributed by atoms with Gasteiger partial charge in [0, 0.05) is 10.4 Å². The fourth-order valence-corrected chi connectivity index (χ4v) is 1.55. The Morgan fingerprint density at radius 3 is 2.64 bits per heavy atom. The fourth-order valence-electron chi connectivity index (χ4n) is 0.719. The molecular weight excluding hydrogens is 164 g/mol. The Kier molecular flexibility index (Phi) is 2.05. The summed E-state index contributed by atoms with van der Waals surface area (Å²) in [6.45, 7) is 1.72. The van der Waals surface area contributed by atoms with E-state index < -0.39 is 5.97 Å². The number of carbonyl (C=O) groups is 2. The lowest BCUT2D eigenvalue weighted by Gasteiger charge is -1.80. The van der Waals surface area contributed by atoms with Crippen LogP contribution in [0.2, 0.25) is 0 Å². The Bertz CT molecular complexity index is 301. The molecule has 0 bridgehead atoms. The second-order valence-corrected chi connectivity index (χ2v) is 3.30. The van der Waals surface area contributed by atoms with Gasteiger partial charge in [-0.3, -0.25) is 4.79 Å². The minimum atomic E-state index is -0.980. The van der Waals surface area contributed by atoms with E-state index in [1.165, 1.54) is 6.07 Å². The summed E-state index contributed by atoms with van der Waals surface area (Å²) in [5, 5.41) is 8.51. The number of rotatable bonds is 2. The number of thiophene rings is 1. The van der Waals surface area contributed by atoms with E-state index in [2.05, 4.69) is 0 Å².